The molecule has 5 nitrogen and oxygen atoms in total. The first-order chi connectivity index (χ1) is 9.31. The Labute approximate surface area is 112 Å². The maximum Gasteiger partial charge on any atom is 0.137 e. The number of nitrogens with two attached hydrogens (primary N) is 1. The van der Waals surface area contributed by atoms with Crippen molar-refractivity contribution >= 4 is 5.69 Å². The molecule has 2 aromatic rings. The molecule has 2 aromatic heterocycles. The van der Waals surface area contributed by atoms with Crippen molar-refractivity contribution in [1.29, 1.82) is 0 Å². The number of hydrogen-bond donors (Lipinski definition) is 2. The largest absolute Gasteiger partial charge is 0.381 e. The number of pyridine rings is 1. The van der Waals surface area contributed by atoms with Crippen LogP contribution < -0.4 is 11.1 Å². The molecule has 19 heavy (non-hydrogen) atoms. The second kappa shape index (κ2) is 5.40. The van der Waals surface area contributed by atoms with Crippen molar-refractivity contribution in [3.63, 3.8) is 0 Å². The summed E-state index contributed by atoms with van der Waals surface area (Å²) in [7, 11) is 0. The first-order valence-electron chi connectivity index (χ1n) is 6.78. The molecule has 0 spiro atoms. The summed E-state index contributed by atoms with van der Waals surface area (Å²) in [5, 5.41) is 3.53. The van der Waals surface area contributed by atoms with Crippen LogP contribution in [0.2, 0.25) is 0 Å². The highest BCUT2D eigenvalue weighted by molar-refractivity contribution is 5.44. The molecule has 3 N–H and O–H groups in total. The van der Waals surface area contributed by atoms with Gasteiger partial charge in [-0.2, -0.15) is 0 Å². The first-order valence-corrected chi connectivity index (χ1v) is 6.78. The van der Waals surface area contributed by atoms with E-state index in [4.69, 9.17) is 5.73 Å². The van der Waals surface area contributed by atoms with E-state index in [1.54, 1.807) is 12.5 Å². The average molecular weight is 257 g/mol. The highest BCUT2D eigenvalue weighted by Gasteiger charge is 2.18. The van der Waals surface area contributed by atoms with E-state index in [1.165, 1.54) is 0 Å². The minimum atomic E-state index is 0.389. The van der Waals surface area contributed by atoms with Crippen molar-refractivity contribution in [2.75, 3.05) is 5.32 Å². The monoisotopic (exact) mass is 257 g/mol. The van der Waals surface area contributed by atoms with Crippen LogP contribution in [0, 0.1) is 0 Å². The third-order valence-corrected chi connectivity index (χ3v) is 3.66. The van der Waals surface area contributed by atoms with Gasteiger partial charge < -0.3 is 11.1 Å². The smallest absolute Gasteiger partial charge is 0.137 e. The molecule has 0 aromatic carbocycles. The topological polar surface area (TPSA) is 68.8 Å². The molecule has 100 valence electrons. The van der Waals surface area contributed by atoms with Gasteiger partial charge in [0, 0.05) is 24.5 Å². The zero-order chi connectivity index (χ0) is 13.1. The first kappa shape index (κ1) is 12.2. The Morgan fingerprint density at radius 1 is 1.21 bits per heavy atom. The molecular formula is C14H19N5. The molecule has 0 aliphatic heterocycles. The second-order valence-electron chi connectivity index (χ2n) is 5.13. The molecule has 0 radical (unpaired) electrons. The van der Waals surface area contributed by atoms with Crippen molar-refractivity contribution in [2.45, 2.75) is 37.8 Å². The Kier molecular flexibility index (Phi) is 3.46. The van der Waals surface area contributed by atoms with Crippen LogP contribution in [-0.4, -0.2) is 26.6 Å². The summed E-state index contributed by atoms with van der Waals surface area (Å²) >= 11 is 0. The Morgan fingerprint density at radius 3 is 2.68 bits per heavy atom. The zero-order valence-electron chi connectivity index (χ0n) is 10.9. The third-order valence-electron chi connectivity index (χ3n) is 3.66. The number of nitrogens with one attached hydrogen (secondary N) is 1. The molecular weight excluding hydrogens is 238 g/mol. The Hall–Kier alpha value is -1.88. The minimum Gasteiger partial charge on any atom is -0.381 e. The molecule has 0 saturated heterocycles. The SMILES string of the molecule is NC1CCC(Nc2ccc(-n3ccnc3)nc2)CC1. The number of hydrogen-bond acceptors (Lipinski definition) is 4. The Balaban J connectivity index is 1.63. The maximum atomic E-state index is 5.92. The van der Waals surface area contributed by atoms with E-state index in [0.717, 1.165) is 37.2 Å². The van der Waals surface area contributed by atoms with Gasteiger partial charge in [0.15, 0.2) is 0 Å². The average Bonchev–Trinajstić information content (AvgIpc) is 2.96. The maximum absolute atomic E-state index is 5.92. The summed E-state index contributed by atoms with van der Waals surface area (Å²) in [6, 6.07) is 4.98. The lowest BCUT2D eigenvalue weighted by Crippen LogP contribution is -2.32. The van der Waals surface area contributed by atoms with Crippen LogP contribution >= 0.6 is 0 Å². The van der Waals surface area contributed by atoms with E-state index in [2.05, 4.69) is 21.4 Å². The van der Waals surface area contributed by atoms with Gasteiger partial charge in [-0.3, -0.25) is 4.57 Å². The van der Waals surface area contributed by atoms with Crippen LogP contribution in [0.25, 0.3) is 5.82 Å². The summed E-state index contributed by atoms with van der Waals surface area (Å²) in [6.45, 7) is 0. The van der Waals surface area contributed by atoms with E-state index in [9.17, 15) is 0 Å². The molecule has 1 saturated carbocycles. The predicted molar refractivity (Wildman–Crippen MR) is 75.2 cm³/mol. The van der Waals surface area contributed by atoms with Gasteiger partial charge in [-0.15, -0.1) is 0 Å². The second-order valence-corrected chi connectivity index (χ2v) is 5.13. The molecule has 0 bridgehead atoms. The highest BCUT2D eigenvalue weighted by Crippen LogP contribution is 2.21. The minimum absolute atomic E-state index is 0.389. The van der Waals surface area contributed by atoms with Gasteiger partial charge >= 0.3 is 0 Å². The van der Waals surface area contributed by atoms with E-state index < -0.39 is 0 Å². The van der Waals surface area contributed by atoms with Crippen molar-refractivity contribution in [3.05, 3.63) is 37.1 Å². The quantitative estimate of drug-likeness (QED) is 0.881. The fourth-order valence-corrected chi connectivity index (χ4v) is 2.52. The fourth-order valence-electron chi connectivity index (χ4n) is 2.52. The number of nitrogens with zero attached hydrogens (tertiary/aromatic N) is 3. The van der Waals surface area contributed by atoms with Gasteiger partial charge in [-0.05, 0) is 37.8 Å². The lowest BCUT2D eigenvalue weighted by molar-refractivity contribution is 0.411. The lowest BCUT2D eigenvalue weighted by atomic mass is 9.92. The summed E-state index contributed by atoms with van der Waals surface area (Å²) in [5.41, 5.74) is 6.99. The van der Waals surface area contributed by atoms with Gasteiger partial charge in [-0.1, -0.05) is 0 Å². The van der Waals surface area contributed by atoms with E-state index >= 15 is 0 Å². The molecule has 0 atom stereocenters. The van der Waals surface area contributed by atoms with Gasteiger partial charge in [-0.25, -0.2) is 9.97 Å². The van der Waals surface area contributed by atoms with Crippen LogP contribution in [0.15, 0.2) is 37.1 Å². The van der Waals surface area contributed by atoms with Gasteiger partial charge in [0.05, 0.1) is 11.9 Å². The molecule has 3 rings (SSSR count). The van der Waals surface area contributed by atoms with Crippen molar-refractivity contribution < 1.29 is 0 Å². The number of imidazole rings is 1. The zero-order valence-corrected chi connectivity index (χ0v) is 10.9. The molecule has 1 fully saturated rings. The normalized spacial score (nSPS) is 23.2. The molecule has 1 aliphatic rings. The molecule has 2 heterocycles. The van der Waals surface area contributed by atoms with Crippen LogP contribution in [0.3, 0.4) is 0 Å². The Morgan fingerprint density at radius 2 is 2.05 bits per heavy atom. The van der Waals surface area contributed by atoms with E-state index in [0.29, 0.717) is 12.1 Å². The van der Waals surface area contributed by atoms with Crippen molar-refractivity contribution in [3.8, 4) is 5.82 Å². The van der Waals surface area contributed by atoms with Crippen LogP contribution in [0.5, 0.6) is 0 Å². The molecule has 1 aliphatic carbocycles. The lowest BCUT2D eigenvalue weighted by Gasteiger charge is -2.27. The van der Waals surface area contributed by atoms with Crippen molar-refractivity contribution in [1.82, 2.24) is 14.5 Å². The number of anilines is 1. The molecule has 5 heteroatoms. The highest BCUT2D eigenvalue weighted by atomic mass is 15.1. The predicted octanol–water partition coefficient (Wildman–Crippen LogP) is 1.95. The van der Waals surface area contributed by atoms with Gasteiger partial charge in [0.1, 0.15) is 12.1 Å². The molecule has 0 unspecified atom stereocenters. The van der Waals surface area contributed by atoms with Gasteiger partial charge in [0.25, 0.3) is 0 Å². The van der Waals surface area contributed by atoms with Crippen molar-refractivity contribution in [2.24, 2.45) is 5.73 Å². The van der Waals surface area contributed by atoms with Crippen LogP contribution in [0.1, 0.15) is 25.7 Å². The molecule has 0 amide bonds. The third kappa shape index (κ3) is 2.93. The van der Waals surface area contributed by atoms with E-state index in [1.807, 2.05) is 23.0 Å². The van der Waals surface area contributed by atoms with Crippen LogP contribution in [-0.2, 0) is 0 Å². The summed E-state index contributed by atoms with van der Waals surface area (Å²) < 4.78 is 1.89. The Bertz CT molecular complexity index is 497. The summed E-state index contributed by atoms with van der Waals surface area (Å²) in [5.74, 6) is 0.883. The standard InChI is InChI=1S/C14H19N5/c15-11-1-3-12(4-2-11)18-13-5-6-14(17-9-13)19-8-7-16-10-19/h5-12,18H,1-4,15H2. The summed E-state index contributed by atoms with van der Waals surface area (Å²) in [4.78, 5) is 8.45. The number of rotatable bonds is 3. The van der Waals surface area contributed by atoms with Gasteiger partial charge in [0.2, 0.25) is 0 Å². The number of aromatic nitrogens is 3. The van der Waals surface area contributed by atoms with Crippen LogP contribution in [0.4, 0.5) is 5.69 Å². The summed E-state index contributed by atoms with van der Waals surface area (Å²) in [6.07, 6.45) is 11.8. The van der Waals surface area contributed by atoms with E-state index in [-0.39, 0.29) is 0 Å². The fraction of sp³-hybridized carbons (Fsp3) is 0.429.